The van der Waals surface area contributed by atoms with Gasteiger partial charge in [-0.2, -0.15) is 5.10 Å². The van der Waals surface area contributed by atoms with Gasteiger partial charge in [0.2, 0.25) is 0 Å². The molecule has 0 amide bonds. The number of hydrogen-bond acceptors (Lipinski definition) is 3. The lowest BCUT2D eigenvalue weighted by molar-refractivity contribution is 0.295. The molecule has 21 heavy (non-hydrogen) atoms. The second-order valence-electron chi connectivity index (χ2n) is 5.86. The minimum absolute atomic E-state index is 0.544. The van der Waals surface area contributed by atoms with E-state index in [0.717, 1.165) is 30.2 Å². The van der Waals surface area contributed by atoms with E-state index in [2.05, 4.69) is 36.4 Å². The third kappa shape index (κ3) is 4.90. The first-order valence-electron chi connectivity index (χ1n) is 7.46. The van der Waals surface area contributed by atoms with Gasteiger partial charge in [0, 0.05) is 13.6 Å². The van der Waals surface area contributed by atoms with Crippen LogP contribution in [0.4, 0.5) is 0 Å². The number of aromatic nitrogens is 2. The molecule has 2 rings (SSSR count). The Morgan fingerprint density at radius 2 is 1.95 bits per heavy atom. The molecular formula is C17H25N3O. The van der Waals surface area contributed by atoms with Crippen LogP contribution in [-0.2, 0) is 20.2 Å². The molecule has 4 nitrogen and oxygen atoms in total. The predicted molar refractivity (Wildman–Crippen MR) is 85.3 cm³/mol. The minimum Gasteiger partial charge on any atom is -0.487 e. The van der Waals surface area contributed by atoms with Crippen molar-refractivity contribution in [3.63, 3.8) is 0 Å². The highest BCUT2D eigenvalue weighted by Gasteiger charge is 2.03. The summed E-state index contributed by atoms with van der Waals surface area (Å²) in [6, 6.07) is 10.3. The van der Waals surface area contributed by atoms with Crippen molar-refractivity contribution in [2.24, 2.45) is 13.0 Å². The molecule has 2 aromatic rings. The lowest BCUT2D eigenvalue weighted by Crippen LogP contribution is -2.18. The number of benzene rings is 1. The summed E-state index contributed by atoms with van der Waals surface area (Å²) in [5, 5.41) is 7.75. The van der Waals surface area contributed by atoms with Crippen molar-refractivity contribution < 1.29 is 4.74 Å². The fourth-order valence-corrected chi connectivity index (χ4v) is 2.17. The molecule has 0 aliphatic heterocycles. The third-order valence-corrected chi connectivity index (χ3v) is 3.29. The van der Waals surface area contributed by atoms with Crippen LogP contribution in [0.25, 0.3) is 0 Å². The van der Waals surface area contributed by atoms with Gasteiger partial charge < -0.3 is 10.1 Å². The summed E-state index contributed by atoms with van der Waals surface area (Å²) in [6.45, 7) is 8.90. The molecule has 0 atom stereocenters. The minimum atomic E-state index is 0.544. The summed E-state index contributed by atoms with van der Waals surface area (Å²) in [6.07, 6.45) is 0. The van der Waals surface area contributed by atoms with Gasteiger partial charge in [-0.15, -0.1) is 0 Å². The monoisotopic (exact) mass is 287 g/mol. The number of rotatable bonds is 7. The standard InChI is InChI=1S/C17H25N3O/c1-13(2)10-18-11-15-5-7-17(8-6-15)21-12-16-9-14(3)19-20(16)4/h5-9,13,18H,10-12H2,1-4H3. The molecule has 4 heteroatoms. The summed E-state index contributed by atoms with van der Waals surface area (Å²) in [5.41, 5.74) is 3.37. The zero-order chi connectivity index (χ0) is 15.2. The first-order valence-corrected chi connectivity index (χ1v) is 7.46. The van der Waals surface area contributed by atoms with E-state index < -0.39 is 0 Å². The van der Waals surface area contributed by atoms with Crippen LogP contribution in [0, 0.1) is 12.8 Å². The third-order valence-electron chi connectivity index (χ3n) is 3.29. The van der Waals surface area contributed by atoms with Gasteiger partial charge in [0.15, 0.2) is 0 Å². The average Bonchev–Trinajstić information content (AvgIpc) is 2.76. The Morgan fingerprint density at radius 3 is 2.52 bits per heavy atom. The zero-order valence-electron chi connectivity index (χ0n) is 13.4. The summed E-state index contributed by atoms with van der Waals surface area (Å²) in [7, 11) is 1.94. The number of nitrogens with one attached hydrogen (secondary N) is 1. The lowest BCUT2D eigenvalue weighted by atomic mass is 10.2. The van der Waals surface area contributed by atoms with Crippen LogP contribution >= 0.6 is 0 Å². The zero-order valence-corrected chi connectivity index (χ0v) is 13.4. The Bertz CT molecular complexity index is 558. The van der Waals surface area contributed by atoms with E-state index in [9.17, 15) is 0 Å². The number of nitrogens with zero attached hydrogens (tertiary/aromatic N) is 2. The van der Waals surface area contributed by atoms with Crippen molar-refractivity contribution in [1.29, 1.82) is 0 Å². The van der Waals surface area contributed by atoms with Gasteiger partial charge in [-0.3, -0.25) is 4.68 Å². The predicted octanol–water partition coefficient (Wildman–Crippen LogP) is 3.05. The molecule has 0 saturated heterocycles. The van der Waals surface area contributed by atoms with Gasteiger partial charge in [0.1, 0.15) is 12.4 Å². The van der Waals surface area contributed by atoms with Crippen LogP contribution in [-0.4, -0.2) is 16.3 Å². The molecule has 0 fully saturated rings. The number of ether oxygens (including phenoxy) is 1. The SMILES string of the molecule is Cc1cc(COc2ccc(CNCC(C)C)cc2)n(C)n1. The van der Waals surface area contributed by atoms with Gasteiger partial charge in [0.05, 0.1) is 11.4 Å². The normalized spacial score (nSPS) is 11.1. The van der Waals surface area contributed by atoms with Gasteiger partial charge in [-0.05, 0) is 43.1 Å². The fraction of sp³-hybridized carbons (Fsp3) is 0.471. The Morgan fingerprint density at radius 1 is 1.24 bits per heavy atom. The van der Waals surface area contributed by atoms with Crippen LogP contribution in [0.15, 0.2) is 30.3 Å². The molecule has 0 bridgehead atoms. The van der Waals surface area contributed by atoms with E-state index >= 15 is 0 Å². The smallest absolute Gasteiger partial charge is 0.130 e. The molecule has 0 saturated carbocycles. The summed E-state index contributed by atoms with van der Waals surface area (Å²) in [5.74, 6) is 1.57. The molecule has 1 aromatic carbocycles. The van der Waals surface area contributed by atoms with Crippen LogP contribution in [0.1, 0.15) is 30.8 Å². The maximum Gasteiger partial charge on any atom is 0.130 e. The maximum absolute atomic E-state index is 5.80. The van der Waals surface area contributed by atoms with Crippen LogP contribution in [0.2, 0.25) is 0 Å². The molecule has 1 aromatic heterocycles. The van der Waals surface area contributed by atoms with Gasteiger partial charge in [-0.25, -0.2) is 0 Å². The molecule has 0 unspecified atom stereocenters. The van der Waals surface area contributed by atoms with Gasteiger partial charge >= 0.3 is 0 Å². The molecule has 0 aliphatic rings. The van der Waals surface area contributed by atoms with Crippen LogP contribution in [0.5, 0.6) is 5.75 Å². The molecule has 0 aliphatic carbocycles. The summed E-state index contributed by atoms with van der Waals surface area (Å²) >= 11 is 0. The van der Waals surface area contributed by atoms with Crippen LogP contribution < -0.4 is 10.1 Å². The first kappa shape index (κ1) is 15.6. The molecule has 1 N–H and O–H groups in total. The second kappa shape index (κ2) is 7.27. The van der Waals surface area contributed by atoms with Gasteiger partial charge in [0.25, 0.3) is 0 Å². The van der Waals surface area contributed by atoms with E-state index in [1.54, 1.807) is 0 Å². The molecule has 114 valence electrons. The highest BCUT2D eigenvalue weighted by molar-refractivity contribution is 5.27. The lowest BCUT2D eigenvalue weighted by Gasteiger charge is -2.09. The first-order chi connectivity index (χ1) is 10.0. The highest BCUT2D eigenvalue weighted by atomic mass is 16.5. The van der Waals surface area contributed by atoms with Crippen molar-refractivity contribution >= 4 is 0 Å². The molecule has 0 spiro atoms. The average molecular weight is 287 g/mol. The van der Waals surface area contributed by atoms with Crippen molar-refractivity contribution in [1.82, 2.24) is 15.1 Å². The largest absolute Gasteiger partial charge is 0.487 e. The topological polar surface area (TPSA) is 39.1 Å². The van der Waals surface area contributed by atoms with E-state index in [4.69, 9.17) is 4.74 Å². The second-order valence-corrected chi connectivity index (χ2v) is 5.86. The Hall–Kier alpha value is -1.81. The molecule has 0 radical (unpaired) electrons. The van der Waals surface area contributed by atoms with Crippen molar-refractivity contribution in [2.75, 3.05) is 6.54 Å². The van der Waals surface area contributed by atoms with Crippen molar-refractivity contribution in [3.8, 4) is 5.75 Å². The maximum atomic E-state index is 5.80. The van der Waals surface area contributed by atoms with Crippen molar-refractivity contribution in [2.45, 2.75) is 33.9 Å². The molecular weight excluding hydrogens is 262 g/mol. The van der Waals surface area contributed by atoms with Crippen LogP contribution in [0.3, 0.4) is 0 Å². The summed E-state index contributed by atoms with van der Waals surface area (Å²) < 4.78 is 7.66. The fourth-order valence-electron chi connectivity index (χ4n) is 2.17. The Labute approximate surface area is 127 Å². The van der Waals surface area contributed by atoms with E-state index in [1.807, 2.05) is 36.9 Å². The quantitative estimate of drug-likeness (QED) is 0.850. The number of hydrogen-bond donors (Lipinski definition) is 1. The van der Waals surface area contributed by atoms with Gasteiger partial charge in [-0.1, -0.05) is 26.0 Å². The summed E-state index contributed by atoms with van der Waals surface area (Å²) in [4.78, 5) is 0. The Kier molecular flexibility index (Phi) is 5.39. The van der Waals surface area contributed by atoms with E-state index in [1.165, 1.54) is 5.56 Å². The van der Waals surface area contributed by atoms with E-state index in [0.29, 0.717) is 12.5 Å². The number of aryl methyl sites for hydroxylation is 2. The van der Waals surface area contributed by atoms with Crippen molar-refractivity contribution in [3.05, 3.63) is 47.3 Å². The highest BCUT2D eigenvalue weighted by Crippen LogP contribution is 2.14. The Balaban J connectivity index is 1.83. The molecule has 1 heterocycles. The van der Waals surface area contributed by atoms with E-state index in [-0.39, 0.29) is 0 Å².